The van der Waals surface area contributed by atoms with Crippen molar-refractivity contribution in [2.75, 3.05) is 6.54 Å². The maximum atomic E-state index is 8.85. The fourth-order valence-corrected chi connectivity index (χ4v) is 1.97. The highest BCUT2D eigenvalue weighted by molar-refractivity contribution is 7.80. The first-order chi connectivity index (χ1) is 7.77. The van der Waals surface area contributed by atoms with Gasteiger partial charge < -0.3 is 5.11 Å². The van der Waals surface area contributed by atoms with E-state index >= 15 is 0 Å². The first kappa shape index (κ1) is 16.3. The average molecular weight is 247 g/mol. The zero-order valence-corrected chi connectivity index (χ0v) is 11.6. The van der Waals surface area contributed by atoms with Crippen LogP contribution in [0.5, 0.6) is 0 Å². The van der Waals surface area contributed by atoms with E-state index in [1.807, 2.05) is 0 Å². The second kappa shape index (κ2) is 13.3. The first-order valence-corrected chi connectivity index (χ1v) is 7.38. The van der Waals surface area contributed by atoms with Gasteiger partial charge in [-0.05, 0) is 13.0 Å². The van der Waals surface area contributed by atoms with Crippen molar-refractivity contribution in [3.05, 3.63) is 0 Å². The van der Waals surface area contributed by atoms with Crippen LogP contribution in [0, 0.1) is 0 Å². The summed E-state index contributed by atoms with van der Waals surface area (Å²) in [4.78, 5) is 0. The Morgan fingerprint density at radius 2 is 1.31 bits per heavy atom. The molecule has 0 aliphatic rings. The highest BCUT2D eigenvalue weighted by Gasteiger charge is 1.94. The molecule has 2 N–H and O–H groups in total. The quantitative estimate of drug-likeness (QED) is 0.279. The molecule has 0 aliphatic carbocycles. The van der Waals surface area contributed by atoms with Crippen molar-refractivity contribution in [2.24, 2.45) is 0 Å². The maximum absolute atomic E-state index is 8.85. The molecule has 0 heterocycles. The van der Waals surface area contributed by atoms with Gasteiger partial charge in [-0.25, -0.2) is 0 Å². The van der Waals surface area contributed by atoms with Crippen LogP contribution in [0.1, 0.15) is 71.1 Å². The molecule has 1 atom stereocenters. The number of aliphatic hydroxyl groups excluding tert-OH is 1. The molecular weight excluding hydrogens is 218 g/mol. The highest BCUT2D eigenvalue weighted by atomic mass is 32.1. The minimum absolute atomic E-state index is 0.654. The van der Waals surface area contributed by atoms with Crippen molar-refractivity contribution in [3.8, 4) is 0 Å². The van der Waals surface area contributed by atoms with Gasteiger partial charge in [-0.15, -0.1) is 12.6 Å². The van der Waals surface area contributed by atoms with Gasteiger partial charge in [0.05, 0.1) is 0 Å². The second-order valence-corrected chi connectivity index (χ2v) is 5.00. The van der Waals surface area contributed by atoms with Crippen molar-refractivity contribution < 1.29 is 5.11 Å². The van der Waals surface area contributed by atoms with Crippen molar-refractivity contribution in [2.45, 2.75) is 76.7 Å². The van der Waals surface area contributed by atoms with E-state index in [-0.39, 0.29) is 0 Å². The molecule has 0 aliphatic heterocycles. The number of unbranched alkanes of at least 4 members (excludes halogenated alkanes) is 9. The van der Waals surface area contributed by atoms with E-state index in [0.29, 0.717) is 0 Å². The molecular formula is C13H29NOS. The Hall–Kier alpha value is 0.270. The Morgan fingerprint density at radius 1 is 0.875 bits per heavy atom. The van der Waals surface area contributed by atoms with Crippen molar-refractivity contribution >= 4 is 12.6 Å². The molecule has 0 rings (SSSR count). The molecule has 0 saturated heterocycles. The van der Waals surface area contributed by atoms with Crippen LogP contribution in [-0.4, -0.2) is 17.2 Å². The Balaban J connectivity index is 2.88. The Kier molecular flexibility index (Phi) is 13.6. The molecule has 3 heteroatoms. The molecule has 2 nitrogen and oxygen atoms in total. The summed E-state index contributed by atoms with van der Waals surface area (Å²) in [6, 6.07) is 0. The number of nitrogens with one attached hydrogen (secondary N) is 1. The third kappa shape index (κ3) is 14.3. The zero-order valence-electron chi connectivity index (χ0n) is 10.7. The van der Waals surface area contributed by atoms with Gasteiger partial charge in [-0.1, -0.05) is 64.7 Å². The van der Waals surface area contributed by atoms with Crippen LogP contribution in [0.2, 0.25) is 0 Å². The first-order valence-electron chi connectivity index (χ1n) is 6.87. The molecule has 0 saturated carbocycles. The Bertz CT molecular complexity index is 131. The largest absolute Gasteiger partial charge is 0.369 e. The van der Waals surface area contributed by atoms with Gasteiger partial charge in [0.1, 0.15) is 5.56 Å². The van der Waals surface area contributed by atoms with E-state index in [0.717, 1.165) is 13.0 Å². The van der Waals surface area contributed by atoms with Crippen LogP contribution in [-0.2, 0) is 0 Å². The summed E-state index contributed by atoms with van der Waals surface area (Å²) in [5.41, 5.74) is -0.654. The third-order valence-electron chi connectivity index (χ3n) is 2.86. The van der Waals surface area contributed by atoms with E-state index in [1.54, 1.807) is 0 Å². The molecule has 0 spiro atoms. The number of rotatable bonds is 12. The number of hydrogen-bond donors (Lipinski definition) is 3. The van der Waals surface area contributed by atoms with Gasteiger partial charge in [-0.2, -0.15) is 0 Å². The normalized spacial score (nSPS) is 12.9. The molecule has 0 radical (unpaired) electrons. The maximum Gasteiger partial charge on any atom is 0.150 e. The summed E-state index contributed by atoms with van der Waals surface area (Å²) < 4.78 is 0. The lowest BCUT2D eigenvalue weighted by Gasteiger charge is -2.06. The van der Waals surface area contributed by atoms with Gasteiger partial charge in [0, 0.05) is 0 Å². The van der Waals surface area contributed by atoms with Crippen molar-refractivity contribution in [3.63, 3.8) is 0 Å². The van der Waals surface area contributed by atoms with Crippen LogP contribution in [0.3, 0.4) is 0 Å². The lowest BCUT2D eigenvalue weighted by Crippen LogP contribution is -2.24. The molecule has 0 amide bonds. The predicted octanol–water partition coefficient (Wildman–Crippen LogP) is 3.70. The molecule has 0 unspecified atom stereocenters. The second-order valence-electron chi connectivity index (χ2n) is 4.51. The van der Waals surface area contributed by atoms with Crippen LogP contribution < -0.4 is 5.32 Å². The van der Waals surface area contributed by atoms with Gasteiger partial charge in [0.15, 0.2) is 0 Å². The lowest BCUT2D eigenvalue weighted by atomic mass is 10.1. The van der Waals surface area contributed by atoms with Gasteiger partial charge in [0.2, 0.25) is 0 Å². The zero-order chi connectivity index (χ0) is 12.1. The van der Waals surface area contributed by atoms with Crippen molar-refractivity contribution in [1.29, 1.82) is 0 Å². The summed E-state index contributed by atoms with van der Waals surface area (Å²) in [6.07, 6.45) is 13.5. The summed E-state index contributed by atoms with van der Waals surface area (Å²) >= 11 is 3.84. The number of hydrogen-bond acceptors (Lipinski definition) is 3. The van der Waals surface area contributed by atoms with E-state index in [2.05, 4.69) is 24.9 Å². The minimum atomic E-state index is -0.654. The number of thiol groups is 1. The Labute approximate surface area is 107 Å². The molecule has 0 bridgehead atoms. The van der Waals surface area contributed by atoms with Crippen molar-refractivity contribution in [1.82, 2.24) is 5.32 Å². The topological polar surface area (TPSA) is 32.3 Å². The summed E-state index contributed by atoms with van der Waals surface area (Å²) in [5.74, 6) is 0. The van der Waals surface area contributed by atoms with Crippen LogP contribution >= 0.6 is 12.6 Å². The number of aliphatic hydroxyl groups is 1. The van der Waals surface area contributed by atoms with Crippen LogP contribution in [0.25, 0.3) is 0 Å². The average Bonchev–Trinajstić information content (AvgIpc) is 2.25. The van der Waals surface area contributed by atoms with Gasteiger partial charge in [0.25, 0.3) is 0 Å². The van der Waals surface area contributed by atoms with E-state index in [1.165, 1.54) is 57.8 Å². The fourth-order valence-electron chi connectivity index (χ4n) is 1.84. The van der Waals surface area contributed by atoms with Gasteiger partial charge in [-0.3, -0.25) is 5.32 Å². The standard InChI is InChI=1S/C13H29NOS/c1-2-3-4-5-6-7-8-9-10-11-12-14-13(15)16/h13-16H,2-12H2,1H3/t13-/m1/s1. The Morgan fingerprint density at radius 3 is 1.75 bits per heavy atom. The molecule has 16 heavy (non-hydrogen) atoms. The van der Waals surface area contributed by atoms with E-state index < -0.39 is 5.56 Å². The fraction of sp³-hybridized carbons (Fsp3) is 1.00. The van der Waals surface area contributed by atoms with Crippen LogP contribution in [0.4, 0.5) is 0 Å². The SMILES string of the molecule is CCCCCCCCCCCCN[C@H](O)S. The minimum Gasteiger partial charge on any atom is -0.369 e. The lowest BCUT2D eigenvalue weighted by molar-refractivity contribution is 0.226. The van der Waals surface area contributed by atoms with E-state index in [4.69, 9.17) is 5.11 Å². The smallest absolute Gasteiger partial charge is 0.150 e. The third-order valence-corrected chi connectivity index (χ3v) is 3.04. The monoisotopic (exact) mass is 247 g/mol. The molecule has 0 aromatic rings. The highest BCUT2D eigenvalue weighted by Crippen LogP contribution is 2.10. The van der Waals surface area contributed by atoms with Crippen LogP contribution in [0.15, 0.2) is 0 Å². The summed E-state index contributed by atoms with van der Waals surface area (Å²) in [6.45, 7) is 3.14. The predicted molar refractivity (Wildman–Crippen MR) is 74.8 cm³/mol. The summed E-state index contributed by atoms with van der Waals surface area (Å²) in [7, 11) is 0. The molecule has 0 aromatic carbocycles. The summed E-state index contributed by atoms with van der Waals surface area (Å²) in [5, 5.41) is 11.7. The van der Waals surface area contributed by atoms with Gasteiger partial charge >= 0.3 is 0 Å². The molecule has 0 fully saturated rings. The molecule has 0 aromatic heterocycles. The van der Waals surface area contributed by atoms with E-state index in [9.17, 15) is 0 Å². The molecule has 98 valence electrons.